The summed E-state index contributed by atoms with van der Waals surface area (Å²) in [7, 11) is 0. The summed E-state index contributed by atoms with van der Waals surface area (Å²) in [5, 5.41) is 0.442. The number of carbonyl (C=O) groups is 1. The Morgan fingerprint density at radius 3 is 2.45 bits per heavy atom. The van der Waals surface area contributed by atoms with Crippen LogP contribution in [-0.4, -0.2) is 11.3 Å². The van der Waals surface area contributed by atoms with Crippen LogP contribution in [0.2, 0.25) is 0 Å². The Labute approximate surface area is 125 Å². The SMILES string of the molecule is O=Cc1ccc(Sc2ccc(C(F)(F)F)cn2)c(Br)c1. The first-order valence-electron chi connectivity index (χ1n) is 5.36. The molecule has 0 aliphatic heterocycles. The lowest BCUT2D eigenvalue weighted by atomic mass is 10.2. The molecule has 2 rings (SSSR count). The summed E-state index contributed by atoms with van der Waals surface area (Å²) in [6.07, 6.45) is -2.87. The second-order valence-corrected chi connectivity index (χ2v) is 5.71. The van der Waals surface area contributed by atoms with Crippen molar-refractivity contribution < 1.29 is 18.0 Å². The molecule has 7 heteroatoms. The summed E-state index contributed by atoms with van der Waals surface area (Å²) in [5.74, 6) is 0. The van der Waals surface area contributed by atoms with Gasteiger partial charge in [0.05, 0.1) is 5.56 Å². The van der Waals surface area contributed by atoms with Gasteiger partial charge in [-0.2, -0.15) is 13.2 Å². The molecule has 1 heterocycles. The number of benzene rings is 1. The Morgan fingerprint density at radius 2 is 1.95 bits per heavy atom. The van der Waals surface area contributed by atoms with Gasteiger partial charge in [-0.15, -0.1) is 0 Å². The minimum atomic E-state index is -4.39. The van der Waals surface area contributed by atoms with Crippen molar-refractivity contribution >= 4 is 34.0 Å². The molecule has 0 radical (unpaired) electrons. The number of pyridine rings is 1. The zero-order valence-electron chi connectivity index (χ0n) is 9.82. The normalized spacial score (nSPS) is 11.4. The minimum Gasteiger partial charge on any atom is -0.298 e. The molecule has 1 aromatic carbocycles. The van der Waals surface area contributed by atoms with E-state index >= 15 is 0 Å². The predicted octanol–water partition coefficient (Wildman–Crippen LogP) is 4.83. The smallest absolute Gasteiger partial charge is 0.298 e. The molecule has 20 heavy (non-hydrogen) atoms. The summed E-state index contributed by atoms with van der Waals surface area (Å²) in [6.45, 7) is 0. The van der Waals surface area contributed by atoms with E-state index in [0.29, 0.717) is 15.1 Å². The number of alkyl halides is 3. The van der Waals surface area contributed by atoms with Crippen LogP contribution in [0.25, 0.3) is 0 Å². The summed E-state index contributed by atoms with van der Waals surface area (Å²) < 4.78 is 37.9. The topological polar surface area (TPSA) is 30.0 Å². The molecular formula is C13H7BrF3NOS. The number of aldehydes is 1. The molecule has 2 nitrogen and oxygen atoms in total. The molecule has 0 unspecified atom stereocenters. The van der Waals surface area contributed by atoms with Gasteiger partial charge in [0.25, 0.3) is 0 Å². The van der Waals surface area contributed by atoms with Gasteiger partial charge in [0.2, 0.25) is 0 Å². The third-order valence-corrected chi connectivity index (χ3v) is 4.32. The molecule has 0 atom stereocenters. The van der Waals surface area contributed by atoms with E-state index in [0.717, 1.165) is 23.4 Å². The first kappa shape index (κ1) is 15.1. The monoisotopic (exact) mass is 361 g/mol. The largest absolute Gasteiger partial charge is 0.417 e. The highest BCUT2D eigenvalue weighted by molar-refractivity contribution is 9.10. The Hall–Kier alpha value is -1.34. The third kappa shape index (κ3) is 3.61. The van der Waals surface area contributed by atoms with Crippen molar-refractivity contribution in [2.75, 3.05) is 0 Å². The predicted molar refractivity (Wildman–Crippen MR) is 72.9 cm³/mol. The zero-order valence-corrected chi connectivity index (χ0v) is 12.2. The van der Waals surface area contributed by atoms with Gasteiger partial charge in [-0.3, -0.25) is 4.79 Å². The molecule has 0 N–H and O–H groups in total. The van der Waals surface area contributed by atoms with Crippen molar-refractivity contribution in [3.63, 3.8) is 0 Å². The number of aromatic nitrogens is 1. The van der Waals surface area contributed by atoms with E-state index in [-0.39, 0.29) is 0 Å². The summed E-state index contributed by atoms with van der Waals surface area (Å²) in [6, 6.07) is 7.28. The second-order valence-electron chi connectivity index (χ2n) is 3.79. The number of nitrogens with zero attached hydrogens (tertiary/aromatic N) is 1. The Bertz CT molecular complexity index is 629. The third-order valence-electron chi connectivity index (χ3n) is 2.37. The Morgan fingerprint density at radius 1 is 1.20 bits per heavy atom. The van der Waals surface area contributed by atoms with Gasteiger partial charge in [-0.1, -0.05) is 17.8 Å². The number of hydrogen-bond donors (Lipinski definition) is 0. The summed E-state index contributed by atoms with van der Waals surface area (Å²) in [4.78, 5) is 15.2. The Balaban J connectivity index is 2.20. The maximum Gasteiger partial charge on any atom is 0.417 e. The van der Waals surface area contributed by atoms with Crippen molar-refractivity contribution in [2.45, 2.75) is 16.1 Å². The highest BCUT2D eigenvalue weighted by atomic mass is 79.9. The number of hydrogen-bond acceptors (Lipinski definition) is 3. The molecule has 0 fully saturated rings. The standard InChI is InChI=1S/C13H7BrF3NOS/c14-10-5-8(7-19)1-3-11(10)20-12-4-2-9(6-18-12)13(15,16)17/h1-7H. The van der Waals surface area contributed by atoms with E-state index in [1.165, 1.54) is 17.8 Å². The van der Waals surface area contributed by atoms with Crippen molar-refractivity contribution in [1.82, 2.24) is 4.98 Å². The maximum atomic E-state index is 12.4. The highest BCUT2D eigenvalue weighted by Crippen LogP contribution is 2.34. The lowest BCUT2D eigenvalue weighted by Crippen LogP contribution is -2.05. The molecule has 0 amide bonds. The first-order chi connectivity index (χ1) is 9.40. The van der Waals surface area contributed by atoms with E-state index in [1.807, 2.05) is 0 Å². The molecule has 1 aromatic heterocycles. The van der Waals surface area contributed by atoms with E-state index in [1.54, 1.807) is 18.2 Å². The highest BCUT2D eigenvalue weighted by Gasteiger charge is 2.30. The van der Waals surface area contributed by atoms with Gasteiger partial charge in [-0.05, 0) is 40.2 Å². The van der Waals surface area contributed by atoms with Crippen LogP contribution in [0.15, 0.2) is 50.9 Å². The van der Waals surface area contributed by atoms with Crippen molar-refractivity contribution in [1.29, 1.82) is 0 Å². The number of rotatable bonds is 3. The molecule has 0 aliphatic rings. The van der Waals surface area contributed by atoms with Crippen LogP contribution in [0, 0.1) is 0 Å². The van der Waals surface area contributed by atoms with Crippen LogP contribution in [0.4, 0.5) is 13.2 Å². The van der Waals surface area contributed by atoms with Gasteiger partial charge < -0.3 is 0 Å². The molecule has 0 aliphatic carbocycles. The molecule has 0 spiro atoms. The van der Waals surface area contributed by atoms with Crippen LogP contribution < -0.4 is 0 Å². The molecular weight excluding hydrogens is 355 g/mol. The average Bonchev–Trinajstić information content (AvgIpc) is 2.40. The van der Waals surface area contributed by atoms with Crippen LogP contribution in [0.5, 0.6) is 0 Å². The molecule has 2 aromatic rings. The fourth-order valence-electron chi connectivity index (χ4n) is 1.39. The van der Waals surface area contributed by atoms with Gasteiger partial charge in [0.15, 0.2) is 0 Å². The van der Waals surface area contributed by atoms with Gasteiger partial charge >= 0.3 is 6.18 Å². The average molecular weight is 362 g/mol. The summed E-state index contributed by atoms with van der Waals surface area (Å²) >= 11 is 4.52. The summed E-state index contributed by atoms with van der Waals surface area (Å²) in [5.41, 5.74) is -0.265. The van der Waals surface area contributed by atoms with Crippen molar-refractivity contribution in [3.05, 3.63) is 52.1 Å². The molecule has 104 valence electrons. The van der Waals surface area contributed by atoms with E-state index < -0.39 is 11.7 Å². The molecule has 0 saturated carbocycles. The van der Waals surface area contributed by atoms with Crippen LogP contribution in [0.1, 0.15) is 15.9 Å². The van der Waals surface area contributed by atoms with Gasteiger partial charge in [-0.25, -0.2) is 4.98 Å². The lowest BCUT2D eigenvalue weighted by molar-refractivity contribution is -0.137. The van der Waals surface area contributed by atoms with Gasteiger partial charge in [0, 0.05) is 21.1 Å². The fourth-order valence-corrected chi connectivity index (χ4v) is 2.79. The quantitative estimate of drug-likeness (QED) is 0.733. The second kappa shape index (κ2) is 5.97. The number of halogens is 4. The van der Waals surface area contributed by atoms with Crippen LogP contribution >= 0.6 is 27.7 Å². The van der Waals surface area contributed by atoms with E-state index in [9.17, 15) is 18.0 Å². The minimum absolute atomic E-state index is 0.442. The fraction of sp³-hybridized carbons (Fsp3) is 0.0769. The molecule has 0 bridgehead atoms. The number of carbonyl (C=O) groups excluding carboxylic acids is 1. The van der Waals surface area contributed by atoms with Crippen molar-refractivity contribution in [2.24, 2.45) is 0 Å². The zero-order chi connectivity index (χ0) is 14.8. The van der Waals surface area contributed by atoms with E-state index in [2.05, 4.69) is 20.9 Å². The van der Waals surface area contributed by atoms with Crippen LogP contribution in [0.3, 0.4) is 0 Å². The van der Waals surface area contributed by atoms with Gasteiger partial charge in [0.1, 0.15) is 11.3 Å². The maximum absolute atomic E-state index is 12.4. The first-order valence-corrected chi connectivity index (χ1v) is 6.97. The lowest BCUT2D eigenvalue weighted by Gasteiger charge is -2.07. The van der Waals surface area contributed by atoms with E-state index in [4.69, 9.17) is 0 Å². The Kier molecular flexibility index (Phi) is 4.49. The molecule has 0 saturated heterocycles. The van der Waals surface area contributed by atoms with Crippen LogP contribution in [-0.2, 0) is 6.18 Å². The van der Waals surface area contributed by atoms with Crippen molar-refractivity contribution in [3.8, 4) is 0 Å².